The van der Waals surface area contributed by atoms with E-state index in [4.69, 9.17) is 5.73 Å². The first kappa shape index (κ1) is 21.0. The molecule has 1 heterocycles. The minimum atomic E-state index is -4.84. The Hall–Kier alpha value is -4.28. The number of hydrogen-bond acceptors (Lipinski definition) is 4. The van der Waals surface area contributed by atoms with Crippen molar-refractivity contribution in [2.24, 2.45) is 5.73 Å². The smallest absolute Gasteiger partial charge is 0.366 e. The number of fused-ring (bicyclic) bond motifs is 1. The molecule has 162 valence electrons. The van der Waals surface area contributed by atoms with Crippen molar-refractivity contribution in [2.45, 2.75) is 6.18 Å². The van der Waals surface area contributed by atoms with Crippen LogP contribution in [0.1, 0.15) is 15.9 Å². The lowest BCUT2D eigenvalue weighted by Gasteiger charge is -2.11. The van der Waals surface area contributed by atoms with E-state index in [0.717, 1.165) is 18.2 Å². The second-order valence-electron chi connectivity index (χ2n) is 6.83. The summed E-state index contributed by atoms with van der Waals surface area (Å²) in [7, 11) is 0. The molecule has 0 aliphatic rings. The second-order valence-corrected chi connectivity index (χ2v) is 6.83. The van der Waals surface area contributed by atoms with Crippen molar-refractivity contribution in [3.05, 3.63) is 81.7 Å². The average molecular weight is 444 g/mol. The Balaban J connectivity index is 1.93. The summed E-state index contributed by atoms with van der Waals surface area (Å²) in [6.45, 7) is 0. The monoisotopic (exact) mass is 444 g/mol. The number of carbonyl (C=O) groups is 1. The van der Waals surface area contributed by atoms with E-state index in [1.807, 2.05) is 0 Å². The van der Waals surface area contributed by atoms with Gasteiger partial charge >= 0.3 is 6.18 Å². The average Bonchev–Trinajstić information content (AvgIpc) is 3.15. The third kappa shape index (κ3) is 3.64. The van der Waals surface area contributed by atoms with Crippen molar-refractivity contribution >= 4 is 22.6 Å². The molecule has 0 aliphatic carbocycles. The lowest BCUT2D eigenvalue weighted by atomic mass is 10.0. The number of aromatic nitrogens is 2. The summed E-state index contributed by atoms with van der Waals surface area (Å²) in [5.74, 6) is -2.47. The summed E-state index contributed by atoms with van der Waals surface area (Å²) >= 11 is 0. The van der Waals surface area contributed by atoms with Crippen LogP contribution in [0.25, 0.3) is 33.5 Å². The number of rotatable bonds is 4. The summed E-state index contributed by atoms with van der Waals surface area (Å²) in [5.41, 5.74) is 4.16. The minimum Gasteiger partial charge on any atom is -0.366 e. The third-order valence-electron chi connectivity index (χ3n) is 4.82. The molecule has 32 heavy (non-hydrogen) atoms. The van der Waals surface area contributed by atoms with E-state index < -0.39 is 39.8 Å². The van der Waals surface area contributed by atoms with Crippen LogP contribution in [0.3, 0.4) is 0 Å². The van der Waals surface area contributed by atoms with Crippen LogP contribution in [0.15, 0.2) is 54.6 Å². The van der Waals surface area contributed by atoms with E-state index in [1.165, 1.54) is 36.4 Å². The summed E-state index contributed by atoms with van der Waals surface area (Å²) in [6, 6.07) is 10.8. The van der Waals surface area contributed by atoms with Crippen LogP contribution < -0.4 is 5.73 Å². The number of nitrogens with one attached hydrogen (secondary N) is 1. The lowest BCUT2D eigenvalue weighted by Crippen LogP contribution is -2.11. The number of primary amides is 1. The number of non-ortho nitro benzene ring substituents is 1. The fraction of sp³-hybridized carbons (Fsp3) is 0.0476. The van der Waals surface area contributed by atoms with Crippen molar-refractivity contribution in [3.8, 4) is 22.5 Å². The lowest BCUT2D eigenvalue weighted by molar-refractivity contribution is -0.384. The van der Waals surface area contributed by atoms with Crippen LogP contribution in [0.4, 0.5) is 23.2 Å². The van der Waals surface area contributed by atoms with Crippen molar-refractivity contribution in [1.29, 1.82) is 0 Å². The predicted octanol–water partition coefficient (Wildman–Crippen LogP) is 5.06. The molecule has 7 nitrogen and oxygen atoms in total. The van der Waals surface area contributed by atoms with Gasteiger partial charge in [0.1, 0.15) is 17.2 Å². The molecule has 0 bridgehead atoms. The number of nitro groups is 1. The molecule has 0 spiro atoms. The molecule has 0 radical (unpaired) electrons. The normalized spacial score (nSPS) is 11.6. The van der Waals surface area contributed by atoms with Gasteiger partial charge in [-0.05, 0) is 47.5 Å². The van der Waals surface area contributed by atoms with Gasteiger partial charge in [0.05, 0.1) is 27.1 Å². The largest absolute Gasteiger partial charge is 0.417 e. The Morgan fingerprint density at radius 1 is 1.06 bits per heavy atom. The number of imidazole rings is 1. The molecule has 1 amide bonds. The first-order valence-electron chi connectivity index (χ1n) is 9.00. The summed E-state index contributed by atoms with van der Waals surface area (Å²) in [4.78, 5) is 28.9. The van der Waals surface area contributed by atoms with Gasteiger partial charge in [0.2, 0.25) is 0 Å². The first-order chi connectivity index (χ1) is 15.1. The standard InChI is InChI=1S/C21H12F4N4O3/c22-15-3-1-2-14(21(23,24)25)17(15)20-27-16-9-11(8-13(19(26)30)18(16)28-20)10-4-6-12(7-5-10)29(31)32/h1-9H,(H2,26,30)(H,27,28). The van der Waals surface area contributed by atoms with Gasteiger partial charge in [-0.25, -0.2) is 9.37 Å². The van der Waals surface area contributed by atoms with E-state index in [-0.39, 0.29) is 22.3 Å². The van der Waals surface area contributed by atoms with Gasteiger partial charge in [0.15, 0.2) is 0 Å². The first-order valence-corrected chi connectivity index (χ1v) is 9.00. The van der Waals surface area contributed by atoms with Crippen LogP contribution in [0, 0.1) is 15.9 Å². The molecule has 3 aromatic carbocycles. The third-order valence-corrected chi connectivity index (χ3v) is 4.82. The Morgan fingerprint density at radius 3 is 2.34 bits per heavy atom. The van der Waals surface area contributed by atoms with Gasteiger partial charge in [-0.2, -0.15) is 13.2 Å². The van der Waals surface area contributed by atoms with Crippen molar-refractivity contribution in [2.75, 3.05) is 0 Å². The zero-order chi connectivity index (χ0) is 23.2. The molecule has 4 aromatic rings. The Kier molecular flexibility index (Phi) is 4.88. The fourth-order valence-electron chi connectivity index (χ4n) is 3.37. The fourth-order valence-corrected chi connectivity index (χ4v) is 3.37. The van der Waals surface area contributed by atoms with E-state index in [9.17, 15) is 32.5 Å². The molecule has 0 atom stereocenters. The number of benzene rings is 3. The van der Waals surface area contributed by atoms with E-state index in [1.54, 1.807) is 0 Å². The number of halogens is 4. The molecule has 0 saturated heterocycles. The Labute approximate surface area is 176 Å². The topological polar surface area (TPSA) is 115 Å². The van der Waals surface area contributed by atoms with E-state index in [0.29, 0.717) is 11.1 Å². The minimum absolute atomic E-state index is 0.0328. The molecular weight excluding hydrogens is 432 g/mol. The maximum atomic E-state index is 14.4. The van der Waals surface area contributed by atoms with Gasteiger partial charge in [-0.3, -0.25) is 14.9 Å². The van der Waals surface area contributed by atoms with E-state index in [2.05, 4.69) is 9.97 Å². The molecule has 0 unspecified atom stereocenters. The summed E-state index contributed by atoms with van der Waals surface area (Å²) < 4.78 is 54.7. The molecular formula is C21H12F4N4O3. The number of carbonyl (C=O) groups excluding carboxylic acids is 1. The number of H-pyrrole nitrogens is 1. The number of hydrogen-bond donors (Lipinski definition) is 2. The van der Waals surface area contributed by atoms with Crippen LogP contribution in [0.5, 0.6) is 0 Å². The van der Waals surface area contributed by atoms with Crippen LogP contribution in [0.2, 0.25) is 0 Å². The number of amides is 1. The SMILES string of the molecule is NC(=O)c1cc(-c2ccc([N+](=O)[O-])cc2)cc2[nH]c(-c3c(F)cccc3C(F)(F)F)nc12. The number of nitro benzene ring substituents is 1. The van der Waals surface area contributed by atoms with Gasteiger partial charge in [-0.1, -0.05) is 6.07 Å². The Morgan fingerprint density at radius 2 is 1.75 bits per heavy atom. The van der Waals surface area contributed by atoms with Crippen molar-refractivity contribution in [1.82, 2.24) is 9.97 Å². The number of nitrogens with two attached hydrogens (primary N) is 1. The highest BCUT2D eigenvalue weighted by atomic mass is 19.4. The maximum absolute atomic E-state index is 14.4. The van der Waals surface area contributed by atoms with E-state index >= 15 is 0 Å². The molecule has 0 aliphatic heterocycles. The van der Waals surface area contributed by atoms with Crippen LogP contribution in [-0.2, 0) is 6.18 Å². The molecule has 0 fully saturated rings. The summed E-state index contributed by atoms with van der Waals surface area (Å²) in [5, 5.41) is 10.9. The van der Waals surface area contributed by atoms with Crippen LogP contribution >= 0.6 is 0 Å². The van der Waals surface area contributed by atoms with Crippen molar-refractivity contribution < 1.29 is 27.3 Å². The zero-order valence-corrected chi connectivity index (χ0v) is 15.9. The molecule has 0 saturated carbocycles. The highest BCUT2D eigenvalue weighted by Gasteiger charge is 2.36. The Bertz CT molecular complexity index is 1380. The van der Waals surface area contributed by atoms with Gasteiger partial charge in [0.25, 0.3) is 11.6 Å². The molecule has 4 rings (SSSR count). The van der Waals surface area contributed by atoms with Gasteiger partial charge in [0, 0.05) is 12.1 Å². The number of aromatic amines is 1. The van der Waals surface area contributed by atoms with Crippen LogP contribution in [-0.4, -0.2) is 20.8 Å². The highest BCUT2D eigenvalue weighted by Crippen LogP contribution is 2.38. The molecule has 3 N–H and O–H groups in total. The number of alkyl halides is 3. The number of nitrogens with zero attached hydrogens (tertiary/aromatic N) is 2. The summed E-state index contributed by atoms with van der Waals surface area (Å²) in [6.07, 6.45) is -4.84. The zero-order valence-electron chi connectivity index (χ0n) is 15.9. The van der Waals surface area contributed by atoms with Gasteiger partial charge in [-0.15, -0.1) is 0 Å². The van der Waals surface area contributed by atoms with Crippen molar-refractivity contribution in [3.63, 3.8) is 0 Å². The molecule has 1 aromatic heterocycles. The highest BCUT2D eigenvalue weighted by molar-refractivity contribution is 6.06. The predicted molar refractivity (Wildman–Crippen MR) is 107 cm³/mol. The quantitative estimate of drug-likeness (QED) is 0.260. The maximum Gasteiger partial charge on any atom is 0.417 e. The molecule has 11 heteroatoms. The van der Waals surface area contributed by atoms with Gasteiger partial charge < -0.3 is 10.7 Å². The second kappa shape index (κ2) is 7.45.